The second kappa shape index (κ2) is 7.31. The largest absolute Gasteiger partial charge is 0.548 e. The fourth-order valence-corrected chi connectivity index (χ4v) is 3.33. The Morgan fingerprint density at radius 1 is 1.00 bits per heavy atom. The van der Waals surface area contributed by atoms with Crippen LogP contribution in [0.4, 0.5) is 0 Å². The van der Waals surface area contributed by atoms with Crippen molar-refractivity contribution in [2.75, 3.05) is 0 Å². The predicted octanol–water partition coefficient (Wildman–Crippen LogP) is 1.63. The van der Waals surface area contributed by atoms with Crippen molar-refractivity contribution in [3.8, 4) is 0 Å². The van der Waals surface area contributed by atoms with Gasteiger partial charge in [-0.25, -0.2) is 13.1 Å². The van der Waals surface area contributed by atoms with Gasteiger partial charge >= 0.3 is 0 Å². The number of carbonyl (C=O) groups excluding carboxylic acids is 1. The van der Waals surface area contributed by atoms with Gasteiger partial charge in [0, 0.05) is 10.0 Å². The highest BCUT2D eigenvalue weighted by atomic mass is 35.5. The van der Waals surface area contributed by atoms with E-state index in [1.54, 1.807) is 24.3 Å². The highest BCUT2D eigenvalue weighted by molar-refractivity contribution is 7.89. The molecule has 2 aromatic carbocycles. The average molecular weight is 373 g/mol. The Morgan fingerprint density at radius 2 is 1.48 bits per heavy atom. The van der Waals surface area contributed by atoms with E-state index in [9.17, 15) is 18.3 Å². The van der Waals surface area contributed by atoms with E-state index < -0.39 is 22.0 Å². The fraction of sp³-hybridized carbons (Fsp3) is 0.133. The SMILES string of the molecule is O=C([O-])[C@@H](Cc1ccc(Cl)cc1)NS(=O)(=O)c1ccc(Cl)cc1. The molecule has 0 amide bonds. The molecule has 5 nitrogen and oxygen atoms in total. The second-order valence-corrected chi connectivity index (χ2v) is 7.36. The van der Waals surface area contributed by atoms with Gasteiger partial charge in [0.1, 0.15) is 0 Å². The van der Waals surface area contributed by atoms with Gasteiger partial charge < -0.3 is 9.90 Å². The molecule has 1 atom stereocenters. The smallest absolute Gasteiger partial charge is 0.241 e. The summed E-state index contributed by atoms with van der Waals surface area (Å²) in [4.78, 5) is 11.2. The number of hydrogen-bond donors (Lipinski definition) is 1. The molecule has 0 unspecified atom stereocenters. The lowest BCUT2D eigenvalue weighted by Gasteiger charge is -2.20. The van der Waals surface area contributed by atoms with E-state index in [1.807, 2.05) is 0 Å². The molecule has 0 fully saturated rings. The van der Waals surface area contributed by atoms with Crippen LogP contribution in [-0.4, -0.2) is 20.4 Å². The number of carboxylic acids is 1. The maximum Gasteiger partial charge on any atom is 0.241 e. The minimum Gasteiger partial charge on any atom is -0.548 e. The minimum atomic E-state index is -4.01. The predicted molar refractivity (Wildman–Crippen MR) is 85.7 cm³/mol. The van der Waals surface area contributed by atoms with Gasteiger partial charge in [0.15, 0.2) is 0 Å². The summed E-state index contributed by atoms with van der Waals surface area (Å²) >= 11 is 11.5. The summed E-state index contributed by atoms with van der Waals surface area (Å²) in [5.41, 5.74) is 0.613. The Labute approximate surface area is 143 Å². The van der Waals surface area contributed by atoms with Crippen LogP contribution in [0, 0.1) is 0 Å². The van der Waals surface area contributed by atoms with E-state index in [4.69, 9.17) is 23.2 Å². The highest BCUT2D eigenvalue weighted by Crippen LogP contribution is 2.16. The standard InChI is InChI=1S/C15H13Cl2NO4S/c16-11-3-1-10(2-4-11)9-14(15(19)20)18-23(21,22)13-7-5-12(17)6-8-13/h1-8,14,18H,9H2,(H,19,20)/p-1/t14-/m1/s1. The summed E-state index contributed by atoms with van der Waals surface area (Å²) in [6.07, 6.45) is -0.0632. The van der Waals surface area contributed by atoms with Crippen LogP contribution in [0.25, 0.3) is 0 Å². The molecule has 8 heteroatoms. The van der Waals surface area contributed by atoms with Gasteiger partial charge in [-0.1, -0.05) is 35.3 Å². The summed E-state index contributed by atoms with van der Waals surface area (Å²) in [6.45, 7) is 0. The molecule has 0 bridgehead atoms. The van der Waals surface area contributed by atoms with Crippen LogP contribution in [0.2, 0.25) is 10.0 Å². The first-order valence-electron chi connectivity index (χ1n) is 6.51. The maximum absolute atomic E-state index is 12.2. The van der Waals surface area contributed by atoms with Crippen LogP contribution in [-0.2, 0) is 21.2 Å². The van der Waals surface area contributed by atoms with Gasteiger partial charge in [-0.2, -0.15) is 0 Å². The molecule has 0 spiro atoms. The van der Waals surface area contributed by atoms with E-state index in [2.05, 4.69) is 4.72 Å². The molecular weight excluding hydrogens is 361 g/mol. The van der Waals surface area contributed by atoms with Crippen molar-refractivity contribution in [3.63, 3.8) is 0 Å². The van der Waals surface area contributed by atoms with E-state index in [0.29, 0.717) is 15.6 Å². The Bertz CT molecular complexity index is 789. The third-order valence-corrected chi connectivity index (χ3v) is 5.05. The molecule has 0 radical (unpaired) electrons. The van der Waals surface area contributed by atoms with Crippen molar-refractivity contribution in [2.24, 2.45) is 0 Å². The first-order chi connectivity index (χ1) is 10.8. The summed E-state index contributed by atoms with van der Waals surface area (Å²) in [5, 5.41) is 12.1. The molecule has 1 N–H and O–H groups in total. The van der Waals surface area contributed by atoms with Crippen molar-refractivity contribution in [2.45, 2.75) is 17.4 Å². The zero-order chi connectivity index (χ0) is 17.0. The second-order valence-electron chi connectivity index (χ2n) is 4.78. The molecule has 2 rings (SSSR count). The normalized spacial score (nSPS) is 12.8. The van der Waals surface area contributed by atoms with Crippen LogP contribution < -0.4 is 9.83 Å². The van der Waals surface area contributed by atoms with E-state index in [-0.39, 0.29) is 11.3 Å². The molecule has 0 heterocycles. The lowest BCUT2D eigenvalue weighted by atomic mass is 10.1. The van der Waals surface area contributed by atoms with Crippen LogP contribution in [0.3, 0.4) is 0 Å². The molecule has 0 aliphatic carbocycles. The topological polar surface area (TPSA) is 86.3 Å². The first-order valence-corrected chi connectivity index (χ1v) is 8.75. The number of sulfonamides is 1. The third-order valence-electron chi connectivity index (χ3n) is 3.06. The molecular formula is C15H12Cl2NO4S-. The van der Waals surface area contributed by atoms with E-state index in [1.165, 1.54) is 24.3 Å². The minimum absolute atomic E-state index is 0.0632. The highest BCUT2D eigenvalue weighted by Gasteiger charge is 2.21. The molecule has 0 saturated heterocycles. The zero-order valence-corrected chi connectivity index (χ0v) is 14.0. The van der Waals surface area contributed by atoms with Gasteiger partial charge in [-0.3, -0.25) is 0 Å². The molecule has 0 saturated carbocycles. The van der Waals surface area contributed by atoms with Crippen LogP contribution in [0.1, 0.15) is 5.56 Å². The van der Waals surface area contributed by atoms with Crippen LogP contribution >= 0.6 is 23.2 Å². The summed E-state index contributed by atoms with van der Waals surface area (Å²) in [5.74, 6) is -1.52. The van der Waals surface area contributed by atoms with Crippen LogP contribution in [0.5, 0.6) is 0 Å². The van der Waals surface area contributed by atoms with Gasteiger partial charge in [-0.05, 0) is 48.4 Å². The Morgan fingerprint density at radius 3 is 1.96 bits per heavy atom. The number of rotatable bonds is 6. The van der Waals surface area contributed by atoms with Crippen LogP contribution in [0.15, 0.2) is 53.4 Å². The zero-order valence-electron chi connectivity index (χ0n) is 11.7. The number of nitrogens with one attached hydrogen (secondary N) is 1. The van der Waals surface area contributed by atoms with Crippen molar-refractivity contribution < 1.29 is 18.3 Å². The van der Waals surface area contributed by atoms with Crippen molar-refractivity contribution in [1.82, 2.24) is 4.72 Å². The monoisotopic (exact) mass is 372 g/mol. The van der Waals surface area contributed by atoms with Gasteiger partial charge in [0.2, 0.25) is 10.0 Å². The Hall–Kier alpha value is -1.60. The summed E-state index contributed by atoms with van der Waals surface area (Å²) in [6, 6.07) is 10.4. The van der Waals surface area contributed by atoms with E-state index in [0.717, 1.165) is 0 Å². The van der Waals surface area contributed by atoms with Crippen molar-refractivity contribution >= 4 is 39.2 Å². The molecule has 0 aliphatic rings. The number of aliphatic carboxylic acids is 1. The maximum atomic E-state index is 12.2. The molecule has 0 aromatic heterocycles. The summed E-state index contributed by atoms with van der Waals surface area (Å²) in [7, 11) is -4.01. The van der Waals surface area contributed by atoms with Gasteiger partial charge in [0.25, 0.3) is 0 Å². The fourth-order valence-electron chi connectivity index (χ4n) is 1.90. The lowest BCUT2D eigenvalue weighted by molar-refractivity contribution is -0.307. The molecule has 23 heavy (non-hydrogen) atoms. The average Bonchev–Trinajstić information content (AvgIpc) is 2.49. The Balaban J connectivity index is 2.20. The third kappa shape index (κ3) is 4.94. The van der Waals surface area contributed by atoms with E-state index >= 15 is 0 Å². The summed E-state index contributed by atoms with van der Waals surface area (Å²) < 4.78 is 26.6. The number of carbonyl (C=O) groups is 1. The van der Waals surface area contributed by atoms with Gasteiger partial charge in [-0.15, -0.1) is 0 Å². The number of benzene rings is 2. The van der Waals surface area contributed by atoms with Gasteiger partial charge in [0.05, 0.1) is 16.9 Å². The van der Waals surface area contributed by atoms with Crippen molar-refractivity contribution in [1.29, 1.82) is 0 Å². The molecule has 0 aliphatic heterocycles. The number of halogens is 2. The molecule has 2 aromatic rings. The number of hydrogen-bond acceptors (Lipinski definition) is 4. The van der Waals surface area contributed by atoms with Crippen molar-refractivity contribution in [3.05, 3.63) is 64.1 Å². The first kappa shape index (κ1) is 17.7. The Kier molecular flexibility index (Phi) is 5.64. The lowest BCUT2D eigenvalue weighted by Crippen LogP contribution is -2.49. The quantitative estimate of drug-likeness (QED) is 0.834. The molecule has 122 valence electrons. The number of carboxylic acid groups (broad SMARTS) is 1.